The van der Waals surface area contributed by atoms with E-state index in [4.69, 9.17) is 0 Å². The van der Waals surface area contributed by atoms with Gasteiger partial charge in [-0.15, -0.1) is 0 Å². The molecule has 17 heavy (non-hydrogen) atoms. The van der Waals surface area contributed by atoms with Gasteiger partial charge in [-0.25, -0.2) is 13.1 Å². The maximum Gasteiger partial charge on any atom is 0.178 e. The minimum absolute atomic E-state index is 0.121. The van der Waals surface area contributed by atoms with Crippen molar-refractivity contribution in [3.05, 3.63) is 42.2 Å². The number of aliphatic hydroxyl groups is 1. The van der Waals surface area contributed by atoms with Crippen LogP contribution in [0.25, 0.3) is 5.69 Å². The SMILES string of the molecule is CS(=O)(=O)c1cnn(-c2ccccc2CO)c1. The van der Waals surface area contributed by atoms with Gasteiger partial charge in [0.25, 0.3) is 0 Å². The van der Waals surface area contributed by atoms with Crippen molar-refractivity contribution >= 4 is 9.84 Å². The lowest BCUT2D eigenvalue weighted by molar-refractivity contribution is 0.281. The lowest BCUT2D eigenvalue weighted by Gasteiger charge is -2.06. The van der Waals surface area contributed by atoms with Gasteiger partial charge in [0.1, 0.15) is 4.90 Å². The van der Waals surface area contributed by atoms with E-state index in [9.17, 15) is 13.5 Å². The third kappa shape index (κ3) is 2.37. The average Bonchev–Trinajstić information content (AvgIpc) is 2.77. The highest BCUT2D eigenvalue weighted by Gasteiger charge is 2.11. The third-order valence-corrected chi connectivity index (χ3v) is 3.46. The fourth-order valence-electron chi connectivity index (χ4n) is 1.50. The maximum atomic E-state index is 11.3. The third-order valence-electron chi connectivity index (χ3n) is 2.40. The number of para-hydroxylation sites is 1. The molecule has 0 atom stereocenters. The second-order valence-corrected chi connectivity index (χ2v) is 5.70. The number of sulfone groups is 1. The summed E-state index contributed by atoms with van der Waals surface area (Å²) in [6.45, 7) is -0.121. The fraction of sp³-hybridized carbons (Fsp3) is 0.182. The lowest BCUT2D eigenvalue weighted by Crippen LogP contribution is -2.00. The summed E-state index contributed by atoms with van der Waals surface area (Å²) in [6.07, 6.45) is 3.86. The van der Waals surface area contributed by atoms with E-state index in [0.717, 1.165) is 6.26 Å². The van der Waals surface area contributed by atoms with Gasteiger partial charge in [0.05, 0.1) is 18.5 Å². The first kappa shape index (κ1) is 11.8. The van der Waals surface area contributed by atoms with Gasteiger partial charge in [-0.2, -0.15) is 5.10 Å². The van der Waals surface area contributed by atoms with Crippen molar-refractivity contribution < 1.29 is 13.5 Å². The first-order valence-corrected chi connectivity index (χ1v) is 6.85. The van der Waals surface area contributed by atoms with Crippen LogP contribution < -0.4 is 0 Å². The van der Waals surface area contributed by atoms with Gasteiger partial charge >= 0.3 is 0 Å². The van der Waals surface area contributed by atoms with Gasteiger partial charge in [-0.3, -0.25) is 0 Å². The van der Waals surface area contributed by atoms with Gasteiger partial charge in [0, 0.05) is 18.0 Å². The number of nitrogens with zero attached hydrogens (tertiary/aromatic N) is 2. The van der Waals surface area contributed by atoms with Crippen LogP contribution in [0.15, 0.2) is 41.6 Å². The van der Waals surface area contributed by atoms with Crippen molar-refractivity contribution in [3.8, 4) is 5.69 Å². The number of aromatic nitrogens is 2. The Hall–Kier alpha value is -1.66. The average molecular weight is 252 g/mol. The molecular formula is C11H12N2O3S. The molecule has 2 rings (SSSR count). The highest BCUT2D eigenvalue weighted by molar-refractivity contribution is 7.90. The van der Waals surface area contributed by atoms with Crippen LogP contribution in [0.4, 0.5) is 0 Å². The molecule has 0 amide bonds. The first-order valence-electron chi connectivity index (χ1n) is 4.96. The van der Waals surface area contributed by atoms with Crippen LogP contribution in [0.3, 0.4) is 0 Å². The van der Waals surface area contributed by atoms with E-state index in [0.29, 0.717) is 11.3 Å². The summed E-state index contributed by atoms with van der Waals surface area (Å²) in [4.78, 5) is 0.158. The Morgan fingerprint density at radius 1 is 1.35 bits per heavy atom. The molecule has 0 aliphatic carbocycles. The summed E-state index contributed by atoms with van der Waals surface area (Å²) in [5.74, 6) is 0. The largest absolute Gasteiger partial charge is 0.392 e. The summed E-state index contributed by atoms with van der Waals surface area (Å²) in [5, 5.41) is 13.2. The molecular weight excluding hydrogens is 240 g/mol. The topological polar surface area (TPSA) is 72.2 Å². The molecule has 2 aromatic rings. The summed E-state index contributed by atoms with van der Waals surface area (Å²) in [6, 6.07) is 7.13. The Morgan fingerprint density at radius 2 is 2.06 bits per heavy atom. The second kappa shape index (κ2) is 4.31. The Morgan fingerprint density at radius 3 is 2.65 bits per heavy atom. The molecule has 1 N–H and O–H groups in total. The van der Waals surface area contributed by atoms with Crippen LogP contribution in [0, 0.1) is 0 Å². The summed E-state index contributed by atoms with van der Waals surface area (Å²) in [7, 11) is -3.26. The molecule has 6 heteroatoms. The van der Waals surface area contributed by atoms with Crippen LogP contribution >= 0.6 is 0 Å². The van der Waals surface area contributed by atoms with Gasteiger partial charge in [-0.1, -0.05) is 18.2 Å². The van der Waals surface area contributed by atoms with Crippen molar-refractivity contribution in [3.63, 3.8) is 0 Å². The molecule has 0 aliphatic heterocycles. The Balaban J connectivity index is 2.51. The predicted molar refractivity (Wildman–Crippen MR) is 62.6 cm³/mol. The van der Waals surface area contributed by atoms with E-state index in [1.807, 2.05) is 0 Å². The molecule has 0 saturated carbocycles. The van der Waals surface area contributed by atoms with E-state index < -0.39 is 9.84 Å². The van der Waals surface area contributed by atoms with E-state index in [2.05, 4.69) is 5.10 Å². The molecule has 0 fully saturated rings. The van der Waals surface area contributed by atoms with E-state index >= 15 is 0 Å². The molecule has 0 unspecified atom stereocenters. The minimum atomic E-state index is -3.26. The van der Waals surface area contributed by atoms with E-state index in [-0.39, 0.29) is 11.5 Å². The summed E-state index contributed by atoms with van der Waals surface area (Å²) >= 11 is 0. The van der Waals surface area contributed by atoms with Gasteiger partial charge in [0.2, 0.25) is 0 Å². The standard InChI is InChI=1S/C11H12N2O3S/c1-17(15,16)10-6-12-13(7-10)11-5-3-2-4-9(11)8-14/h2-7,14H,8H2,1H3. The number of hydrogen-bond acceptors (Lipinski definition) is 4. The smallest absolute Gasteiger partial charge is 0.178 e. The Kier molecular flexibility index (Phi) is 2.99. The zero-order valence-corrected chi connectivity index (χ0v) is 10.1. The zero-order chi connectivity index (χ0) is 12.5. The summed E-state index contributed by atoms with van der Waals surface area (Å²) < 4.78 is 24.1. The molecule has 0 radical (unpaired) electrons. The second-order valence-electron chi connectivity index (χ2n) is 3.68. The highest BCUT2D eigenvalue weighted by atomic mass is 32.2. The Labute approximate surface area is 99.2 Å². The molecule has 0 bridgehead atoms. The van der Waals surface area contributed by atoms with Gasteiger partial charge < -0.3 is 5.11 Å². The molecule has 5 nitrogen and oxygen atoms in total. The lowest BCUT2D eigenvalue weighted by atomic mass is 10.2. The molecule has 1 heterocycles. The van der Waals surface area contributed by atoms with E-state index in [1.165, 1.54) is 17.1 Å². The monoisotopic (exact) mass is 252 g/mol. The fourth-order valence-corrected chi connectivity index (χ4v) is 2.03. The molecule has 0 aliphatic rings. The molecule has 0 spiro atoms. The molecule has 1 aromatic carbocycles. The van der Waals surface area contributed by atoms with Crippen LogP contribution in [-0.4, -0.2) is 29.6 Å². The number of benzene rings is 1. The van der Waals surface area contributed by atoms with Crippen molar-refractivity contribution in [1.82, 2.24) is 9.78 Å². The number of aliphatic hydroxyl groups excluding tert-OH is 1. The van der Waals surface area contributed by atoms with Crippen LogP contribution in [-0.2, 0) is 16.4 Å². The van der Waals surface area contributed by atoms with Crippen LogP contribution in [0.1, 0.15) is 5.56 Å². The summed E-state index contributed by atoms with van der Waals surface area (Å²) in [5.41, 5.74) is 1.36. The van der Waals surface area contributed by atoms with Crippen molar-refractivity contribution in [2.45, 2.75) is 11.5 Å². The van der Waals surface area contributed by atoms with E-state index in [1.54, 1.807) is 24.3 Å². The van der Waals surface area contributed by atoms with Crippen LogP contribution in [0.5, 0.6) is 0 Å². The van der Waals surface area contributed by atoms with Crippen LogP contribution in [0.2, 0.25) is 0 Å². The van der Waals surface area contributed by atoms with Gasteiger partial charge in [-0.05, 0) is 6.07 Å². The zero-order valence-electron chi connectivity index (χ0n) is 9.24. The Bertz CT molecular complexity index is 632. The molecule has 0 saturated heterocycles. The highest BCUT2D eigenvalue weighted by Crippen LogP contribution is 2.16. The van der Waals surface area contributed by atoms with Gasteiger partial charge in [0.15, 0.2) is 9.84 Å². The minimum Gasteiger partial charge on any atom is -0.392 e. The normalized spacial score (nSPS) is 11.6. The van der Waals surface area contributed by atoms with Crippen molar-refractivity contribution in [2.24, 2.45) is 0 Å². The number of hydrogen-bond donors (Lipinski definition) is 1. The number of rotatable bonds is 3. The molecule has 90 valence electrons. The quantitative estimate of drug-likeness (QED) is 0.875. The first-order chi connectivity index (χ1) is 8.02. The predicted octanol–water partition coefficient (Wildman–Crippen LogP) is 0.768. The maximum absolute atomic E-state index is 11.3. The molecule has 1 aromatic heterocycles. The van der Waals surface area contributed by atoms with Crippen molar-refractivity contribution in [1.29, 1.82) is 0 Å². The van der Waals surface area contributed by atoms with Crippen molar-refractivity contribution in [2.75, 3.05) is 6.26 Å².